The highest BCUT2D eigenvalue weighted by atomic mass is 19.1. The fourth-order valence-electron chi connectivity index (χ4n) is 3.22. The van der Waals surface area contributed by atoms with Crippen LogP contribution in [0.15, 0.2) is 67.4 Å². The van der Waals surface area contributed by atoms with Crippen LogP contribution in [0.3, 0.4) is 0 Å². The molecule has 1 aromatic carbocycles. The summed E-state index contributed by atoms with van der Waals surface area (Å²) >= 11 is 0. The number of halogens is 1. The van der Waals surface area contributed by atoms with E-state index in [0.29, 0.717) is 24.0 Å². The summed E-state index contributed by atoms with van der Waals surface area (Å²) in [6.07, 6.45) is 8.25. The molecule has 9 heteroatoms. The first-order chi connectivity index (χ1) is 15.1. The number of pyridine rings is 1. The van der Waals surface area contributed by atoms with Crippen LogP contribution in [-0.4, -0.2) is 24.9 Å². The van der Waals surface area contributed by atoms with Gasteiger partial charge in [-0.15, -0.1) is 0 Å². The lowest BCUT2D eigenvalue weighted by Crippen LogP contribution is -2.14. The van der Waals surface area contributed by atoms with Gasteiger partial charge in [-0.2, -0.15) is 9.97 Å². The number of aromatic nitrogens is 5. The largest absolute Gasteiger partial charge is 0.368 e. The van der Waals surface area contributed by atoms with Crippen molar-refractivity contribution in [3.63, 3.8) is 0 Å². The van der Waals surface area contributed by atoms with Gasteiger partial charge in [0, 0.05) is 42.8 Å². The van der Waals surface area contributed by atoms with Gasteiger partial charge in [-0.1, -0.05) is 25.1 Å². The number of nitrogens with one attached hydrogen (secondary N) is 2. The highest BCUT2D eigenvalue weighted by Gasteiger charge is 2.22. The average Bonchev–Trinajstić information content (AvgIpc) is 2.79. The summed E-state index contributed by atoms with van der Waals surface area (Å²) in [7, 11) is 0. The Morgan fingerprint density at radius 3 is 2.45 bits per heavy atom. The van der Waals surface area contributed by atoms with Crippen LogP contribution >= 0.6 is 0 Å². The van der Waals surface area contributed by atoms with Crippen molar-refractivity contribution in [2.45, 2.75) is 19.4 Å². The number of nitrogen functional groups attached to an aromatic ring is 1. The molecule has 4 rings (SSSR count). The number of nitrogens with two attached hydrogens (primary N) is 1. The molecule has 0 fully saturated rings. The van der Waals surface area contributed by atoms with Crippen molar-refractivity contribution in [2.75, 3.05) is 16.4 Å². The summed E-state index contributed by atoms with van der Waals surface area (Å²) < 4.78 is 13.5. The smallest absolute Gasteiger partial charge is 0.223 e. The van der Waals surface area contributed by atoms with Gasteiger partial charge in [0.15, 0.2) is 0 Å². The first-order valence-corrected chi connectivity index (χ1v) is 9.69. The quantitative estimate of drug-likeness (QED) is 0.416. The molecule has 0 spiro atoms. The molecule has 0 radical (unpaired) electrons. The Kier molecular flexibility index (Phi) is 5.93. The second-order valence-corrected chi connectivity index (χ2v) is 6.90. The zero-order chi connectivity index (χ0) is 21.6. The van der Waals surface area contributed by atoms with Crippen LogP contribution < -0.4 is 16.4 Å². The minimum atomic E-state index is -0.294. The molecule has 0 saturated heterocycles. The maximum atomic E-state index is 13.5. The molecule has 4 N–H and O–H groups in total. The second-order valence-electron chi connectivity index (χ2n) is 6.90. The minimum Gasteiger partial charge on any atom is -0.368 e. The summed E-state index contributed by atoms with van der Waals surface area (Å²) in [6, 6.07) is 10.2. The van der Waals surface area contributed by atoms with Gasteiger partial charge in [-0.05, 0) is 29.3 Å². The first-order valence-electron chi connectivity index (χ1n) is 9.69. The molecule has 8 nitrogen and oxygen atoms in total. The van der Waals surface area contributed by atoms with Gasteiger partial charge in [0.2, 0.25) is 5.95 Å². The predicted molar refractivity (Wildman–Crippen MR) is 117 cm³/mol. The number of benzene rings is 1. The second kappa shape index (κ2) is 9.12. The Morgan fingerprint density at radius 1 is 0.968 bits per heavy atom. The van der Waals surface area contributed by atoms with E-state index in [1.807, 2.05) is 19.1 Å². The number of hydrogen-bond acceptors (Lipinski definition) is 8. The summed E-state index contributed by atoms with van der Waals surface area (Å²) in [5.74, 6) is 1.23. The summed E-state index contributed by atoms with van der Waals surface area (Å²) in [6.45, 7) is 2.50. The van der Waals surface area contributed by atoms with Gasteiger partial charge in [0.05, 0.1) is 6.20 Å². The van der Waals surface area contributed by atoms with Crippen molar-refractivity contribution in [2.24, 2.45) is 0 Å². The van der Waals surface area contributed by atoms with Gasteiger partial charge in [-0.25, -0.2) is 9.37 Å². The van der Waals surface area contributed by atoms with Gasteiger partial charge in [-0.3, -0.25) is 9.97 Å². The Morgan fingerprint density at radius 2 is 1.74 bits per heavy atom. The lowest BCUT2D eigenvalue weighted by molar-refractivity contribution is 0.626. The summed E-state index contributed by atoms with van der Waals surface area (Å²) in [5.41, 5.74) is 8.68. The lowest BCUT2D eigenvalue weighted by Gasteiger charge is -2.21. The van der Waals surface area contributed by atoms with Crippen LogP contribution in [0.25, 0.3) is 0 Å². The molecule has 4 aromatic rings. The van der Waals surface area contributed by atoms with Crippen molar-refractivity contribution in [1.82, 2.24) is 24.9 Å². The Balaban J connectivity index is 1.75. The first kappa shape index (κ1) is 20.1. The predicted octanol–water partition coefficient (Wildman–Crippen LogP) is 3.89. The number of hydrogen-bond donors (Lipinski definition) is 3. The average molecular weight is 416 g/mol. The van der Waals surface area contributed by atoms with E-state index < -0.39 is 0 Å². The number of nitrogens with zero attached hydrogens (tertiary/aromatic N) is 5. The van der Waals surface area contributed by atoms with Crippen LogP contribution in [-0.2, 0) is 6.54 Å². The van der Waals surface area contributed by atoms with Crippen molar-refractivity contribution < 1.29 is 4.39 Å². The Bertz CT molecular complexity index is 1140. The summed E-state index contributed by atoms with van der Waals surface area (Å²) in [5, 5.41) is 6.52. The standard InChI is InChI=1S/C22H21FN8/c1-14(16-4-6-17(23)7-5-16)19-20(28-12-15-3-2-8-25-11-15)30-22(24)31-21(19)29-18-13-26-9-10-27-18/h2-11,13-14H,12H2,1H3,(H4,24,27,28,29,30,31). The molecule has 0 bridgehead atoms. The third-order valence-electron chi connectivity index (χ3n) is 4.76. The Labute approximate surface area is 178 Å². The molecule has 0 aliphatic carbocycles. The van der Waals surface area contributed by atoms with Crippen LogP contribution in [0, 0.1) is 5.82 Å². The molecule has 1 unspecified atom stereocenters. The maximum Gasteiger partial charge on any atom is 0.223 e. The monoisotopic (exact) mass is 416 g/mol. The fraction of sp³-hybridized carbons (Fsp3) is 0.136. The van der Waals surface area contributed by atoms with Crippen molar-refractivity contribution in [3.8, 4) is 0 Å². The normalized spacial score (nSPS) is 11.7. The third kappa shape index (κ3) is 4.89. The molecule has 3 aromatic heterocycles. The summed E-state index contributed by atoms with van der Waals surface area (Å²) in [4.78, 5) is 21.3. The van der Waals surface area contributed by atoms with E-state index in [9.17, 15) is 4.39 Å². The topological polar surface area (TPSA) is 115 Å². The van der Waals surface area contributed by atoms with E-state index in [1.54, 1.807) is 43.1 Å². The maximum absolute atomic E-state index is 13.5. The molecule has 0 aliphatic rings. The molecular formula is C22H21FN8. The zero-order valence-electron chi connectivity index (χ0n) is 16.8. The van der Waals surface area contributed by atoms with Crippen LogP contribution in [0.4, 0.5) is 27.8 Å². The van der Waals surface area contributed by atoms with Gasteiger partial charge >= 0.3 is 0 Å². The fourth-order valence-corrected chi connectivity index (χ4v) is 3.22. The zero-order valence-corrected chi connectivity index (χ0v) is 16.8. The molecular weight excluding hydrogens is 395 g/mol. The third-order valence-corrected chi connectivity index (χ3v) is 4.76. The molecule has 156 valence electrons. The highest BCUT2D eigenvalue weighted by molar-refractivity contribution is 5.67. The molecule has 0 amide bonds. The number of anilines is 4. The van der Waals surface area contributed by atoms with Gasteiger partial charge in [0.25, 0.3) is 0 Å². The van der Waals surface area contributed by atoms with Gasteiger partial charge < -0.3 is 16.4 Å². The number of rotatable bonds is 7. The van der Waals surface area contributed by atoms with Crippen molar-refractivity contribution in [3.05, 3.63) is 89.9 Å². The van der Waals surface area contributed by atoms with Crippen LogP contribution in [0.5, 0.6) is 0 Å². The van der Waals surface area contributed by atoms with E-state index in [0.717, 1.165) is 16.7 Å². The lowest BCUT2D eigenvalue weighted by atomic mass is 9.93. The highest BCUT2D eigenvalue weighted by Crippen LogP contribution is 2.36. The van der Waals surface area contributed by atoms with E-state index in [2.05, 4.69) is 35.6 Å². The molecule has 31 heavy (non-hydrogen) atoms. The Hall–Kier alpha value is -4.14. The van der Waals surface area contributed by atoms with Crippen molar-refractivity contribution >= 4 is 23.4 Å². The molecule has 1 atom stereocenters. The van der Waals surface area contributed by atoms with Crippen molar-refractivity contribution in [1.29, 1.82) is 0 Å². The van der Waals surface area contributed by atoms with E-state index in [4.69, 9.17) is 5.73 Å². The minimum absolute atomic E-state index is 0.107. The van der Waals surface area contributed by atoms with E-state index >= 15 is 0 Å². The van der Waals surface area contributed by atoms with E-state index in [-0.39, 0.29) is 17.7 Å². The van der Waals surface area contributed by atoms with E-state index in [1.165, 1.54) is 12.1 Å². The molecule has 3 heterocycles. The van der Waals surface area contributed by atoms with Crippen LogP contribution in [0.2, 0.25) is 0 Å². The van der Waals surface area contributed by atoms with Crippen LogP contribution in [0.1, 0.15) is 29.5 Å². The SMILES string of the molecule is CC(c1ccc(F)cc1)c1c(NCc2cccnc2)nc(N)nc1Nc1cnccn1. The molecule has 0 saturated carbocycles. The molecule has 0 aliphatic heterocycles. The van der Waals surface area contributed by atoms with Gasteiger partial charge in [0.1, 0.15) is 23.3 Å².